The van der Waals surface area contributed by atoms with Crippen LogP contribution < -0.4 is 5.32 Å². The van der Waals surface area contributed by atoms with Gasteiger partial charge in [-0.2, -0.15) is 23.1 Å². The Morgan fingerprint density at radius 1 is 1.30 bits per heavy atom. The second-order valence-corrected chi connectivity index (χ2v) is 6.22. The molecule has 0 radical (unpaired) electrons. The summed E-state index contributed by atoms with van der Waals surface area (Å²) in [5, 5.41) is 6.00. The number of hydrogen-bond acceptors (Lipinski definition) is 5. The molecule has 1 aliphatic heterocycles. The van der Waals surface area contributed by atoms with Gasteiger partial charge in [0.25, 0.3) is 11.6 Å². The maximum Gasteiger partial charge on any atom is 0.453 e. The van der Waals surface area contributed by atoms with Crippen LogP contribution in [0.2, 0.25) is 0 Å². The van der Waals surface area contributed by atoms with Crippen molar-refractivity contribution in [3.8, 4) is 0 Å². The molecule has 0 aromatic carbocycles. The van der Waals surface area contributed by atoms with Gasteiger partial charge < -0.3 is 10.2 Å². The fourth-order valence-electron chi connectivity index (χ4n) is 2.92. The van der Waals surface area contributed by atoms with Crippen molar-refractivity contribution < 1.29 is 22.8 Å². The van der Waals surface area contributed by atoms with E-state index in [1.54, 1.807) is 11.8 Å². The van der Waals surface area contributed by atoms with Crippen molar-refractivity contribution in [2.75, 3.05) is 18.4 Å². The summed E-state index contributed by atoms with van der Waals surface area (Å²) < 4.78 is 39.2. The van der Waals surface area contributed by atoms with Gasteiger partial charge in [-0.15, -0.1) is 5.10 Å². The summed E-state index contributed by atoms with van der Waals surface area (Å²) in [4.78, 5) is 32.9. The van der Waals surface area contributed by atoms with Gasteiger partial charge in [0.1, 0.15) is 5.82 Å². The standard InChI is InChI=1S/C16H17F3N6O2/c1-3-12(26)24-6-4-10(5-7-24)13(27)20-11-8-9(2)25-15(21-11)22-14(23-25)16(17,18)19/h3,8,10H,1,4-7H2,2H3,(H,20,21,22,23,27). The normalized spacial score (nSPS) is 15.8. The Morgan fingerprint density at radius 3 is 2.56 bits per heavy atom. The molecule has 0 spiro atoms. The number of aromatic nitrogens is 4. The minimum absolute atomic E-state index is 0.107. The molecule has 0 saturated carbocycles. The van der Waals surface area contributed by atoms with Crippen molar-refractivity contribution in [1.29, 1.82) is 0 Å². The first-order valence-electron chi connectivity index (χ1n) is 8.23. The lowest BCUT2D eigenvalue weighted by molar-refractivity contribution is -0.144. The van der Waals surface area contributed by atoms with Gasteiger partial charge in [0.2, 0.25) is 11.8 Å². The number of carbonyl (C=O) groups excluding carboxylic acids is 2. The maximum absolute atomic E-state index is 12.8. The molecule has 27 heavy (non-hydrogen) atoms. The summed E-state index contributed by atoms with van der Waals surface area (Å²) in [6, 6.07) is 1.43. The number of fused-ring (bicyclic) bond motifs is 1. The second kappa shape index (κ2) is 6.97. The Hall–Kier alpha value is -2.98. The highest BCUT2D eigenvalue weighted by atomic mass is 19.4. The molecular formula is C16H17F3N6O2. The fourth-order valence-corrected chi connectivity index (χ4v) is 2.92. The molecule has 2 aromatic rings. The highest BCUT2D eigenvalue weighted by Crippen LogP contribution is 2.27. The quantitative estimate of drug-likeness (QED) is 0.818. The van der Waals surface area contributed by atoms with E-state index in [9.17, 15) is 22.8 Å². The average molecular weight is 382 g/mol. The summed E-state index contributed by atoms with van der Waals surface area (Å²) in [5.74, 6) is -2.22. The first kappa shape index (κ1) is 18.8. The van der Waals surface area contributed by atoms with Crippen LogP contribution >= 0.6 is 0 Å². The Kier molecular flexibility index (Phi) is 4.85. The zero-order valence-corrected chi connectivity index (χ0v) is 14.5. The van der Waals surface area contributed by atoms with Gasteiger partial charge >= 0.3 is 6.18 Å². The molecule has 11 heteroatoms. The van der Waals surface area contributed by atoms with Crippen molar-refractivity contribution >= 4 is 23.4 Å². The number of piperidine rings is 1. The van der Waals surface area contributed by atoms with Crippen LogP contribution in [0, 0.1) is 12.8 Å². The Bertz CT molecular complexity index is 899. The summed E-state index contributed by atoms with van der Waals surface area (Å²) in [5.41, 5.74) is 0.352. The van der Waals surface area contributed by atoms with E-state index in [0.29, 0.717) is 31.6 Å². The summed E-state index contributed by atoms with van der Waals surface area (Å²) in [7, 11) is 0. The van der Waals surface area contributed by atoms with Gasteiger partial charge in [0, 0.05) is 30.8 Å². The molecule has 2 amide bonds. The molecule has 1 saturated heterocycles. The van der Waals surface area contributed by atoms with Crippen LogP contribution in [-0.4, -0.2) is 49.4 Å². The smallest absolute Gasteiger partial charge is 0.339 e. The van der Waals surface area contributed by atoms with Crippen LogP contribution in [0.4, 0.5) is 19.0 Å². The van der Waals surface area contributed by atoms with E-state index >= 15 is 0 Å². The Labute approximate surface area is 152 Å². The number of rotatable bonds is 3. The molecule has 3 rings (SSSR count). The number of carbonyl (C=O) groups is 2. The second-order valence-electron chi connectivity index (χ2n) is 6.22. The summed E-state index contributed by atoms with van der Waals surface area (Å²) in [6.07, 6.45) is -2.48. The third kappa shape index (κ3) is 3.91. The molecule has 0 unspecified atom stereocenters. The molecule has 1 aliphatic rings. The van der Waals surface area contributed by atoms with Crippen molar-refractivity contribution in [1.82, 2.24) is 24.5 Å². The first-order chi connectivity index (χ1) is 12.7. The Morgan fingerprint density at radius 2 is 1.96 bits per heavy atom. The highest BCUT2D eigenvalue weighted by Gasteiger charge is 2.36. The predicted octanol–water partition coefficient (Wildman–Crippen LogP) is 1.81. The number of halogens is 3. The summed E-state index contributed by atoms with van der Waals surface area (Å²) in [6.45, 7) is 5.85. The lowest BCUT2D eigenvalue weighted by Crippen LogP contribution is -2.40. The lowest BCUT2D eigenvalue weighted by Gasteiger charge is -2.30. The van der Waals surface area contributed by atoms with Crippen LogP contribution in [0.25, 0.3) is 5.78 Å². The highest BCUT2D eigenvalue weighted by molar-refractivity contribution is 5.92. The molecule has 1 fully saturated rings. The van der Waals surface area contributed by atoms with Crippen LogP contribution in [0.1, 0.15) is 24.4 Å². The van der Waals surface area contributed by atoms with E-state index in [2.05, 4.69) is 27.0 Å². The van der Waals surface area contributed by atoms with Crippen LogP contribution in [-0.2, 0) is 15.8 Å². The van der Waals surface area contributed by atoms with E-state index in [-0.39, 0.29) is 29.3 Å². The molecule has 2 aromatic heterocycles. The number of anilines is 1. The van der Waals surface area contributed by atoms with Crippen LogP contribution in [0.5, 0.6) is 0 Å². The molecular weight excluding hydrogens is 365 g/mol. The molecule has 1 N–H and O–H groups in total. The average Bonchev–Trinajstić information content (AvgIpc) is 3.06. The predicted molar refractivity (Wildman–Crippen MR) is 88.7 cm³/mol. The van der Waals surface area contributed by atoms with E-state index < -0.39 is 12.0 Å². The number of amides is 2. The van der Waals surface area contributed by atoms with Crippen LogP contribution in [0.3, 0.4) is 0 Å². The van der Waals surface area contributed by atoms with Gasteiger partial charge in [-0.3, -0.25) is 9.59 Å². The van der Waals surface area contributed by atoms with Gasteiger partial charge in [0.15, 0.2) is 0 Å². The Balaban J connectivity index is 1.72. The monoisotopic (exact) mass is 382 g/mol. The van der Waals surface area contributed by atoms with Crippen LogP contribution in [0.15, 0.2) is 18.7 Å². The maximum atomic E-state index is 12.8. The molecule has 3 heterocycles. The van der Waals surface area contributed by atoms with Crippen molar-refractivity contribution in [3.05, 3.63) is 30.2 Å². The SMILES string of the molecule is C=CC(=O)N1CCC(C(=O)Nc2cc(C)n3nc(C(F)(F)F)nc3n2)CC1. The molecule has 0 aliphatic carbocycles. The molecule has 0 atom stereocenters. The summed E-state index contributed by atoms with van der Waals surface area (Å²) >= 11 is 0. The number of alkyl halides is 3. The van der Waals surface area contributed by atoms with Gasteiger partial charge in [-0.1, -0.05) is 6.58 Å². The molecule has 144 valence electrons. The minimum atomic E-state index is -4.68. The van der Waals surface area contributed by atoms with Crippen molar-refractivity contribution in [3.63, 3.8) is 0 Å². The minimum Gasteiger partial charge on any atom is -0.339 e. The number of aryl methyl sites for hydroxylation is 1. The van der Waals surface area contributed by atoms with E-state index in [0.717, 1.165) is 4.52 Å². The largest absolute Gasteiger partial charge is 0.453 e. The number of nitrogens with one attached hydrogen (secondary N) is 1. The molecule has 0 bridgehead atoms. The van der Waals surface area contributed by atoms with Gasteiger partial charge in [-0.25, -0.2) is 4.52 Å². The topological polar surface area (TPSA) is 92.5 Å². The van der Waals surface area contributed by atoms with Gasteiger partial charge in [-0.05, 0) is 25.8 Å². The number of likely N-dealkylation sites (tertiary alicyclic amines) is 1. The zero-order chi connectivity index (χ0) is 19.8. The zero-order valence-electron chi connectivity index (χ0n) is 14.5. The van der Waals surface area contributed by atoms with Crippen molar-refractivity contribution in [2.24, 2.45) is 5.92 Å². The third-order valence-corrected chi connectivity index (χ3v) is 4.35. The number of hydrogen-bond donors (Lipinski definition) is 1. The lowest BCUT2D eigenvalue weighted by atomic mass is 9.96. The van der Waals surface area contributed by atoms with Gasteiger partial charge in [0.05, 0.1) is 0 Å². The van der Waals surface area contributed by atoms with E-state index in [4.69, 9.17) is 0 Å². The van der Waals surface area contributed by atoms with E-state index in [1.807, 2.05) is 0 Å². The first-order valence-corrected chi connectivity index (χ1v) is 8.23. The number of nitrogens with zero attached hydrogens (tertiary/aromatic N) is 5. The molecule has 8 nitrogen and oxygen atoms in total. The third-order valence-electron chi connectivity index (χ3n) is 4.35. The van der Waals surface area contributed by atoms with E-state index in [1.165, 1.54) is 12.1 Å². The van der Waals surface area contributed by atoms with Crippen molar-refractivity contribution in [2.45, 2.75) is 25.9 Å². The fraction of sp³-hybridized carbons (Fsp3) is 0.438.